The van der Waals surface area contributed by atoms with Crippen LogP contribution in [0.25, 0.3) is 0 Å². The van der Waals surface area contributed by atoms with E-state index in [-0.39, 0.29) is 36.0 Å². The molecule has 2 aliphatic rings. The lowest BCUT2D eigenvalue weighted by Crippen LogP contribution is -2.53. The van der Waals surface area contributed by atoms with Crippen LogP contribution in [-0.2, 0) is 9.47 Å². The number of hydrogen-bond donors (Lipinski definition) is 1. The number of ether oxygens (including phenoxy) is 2. The molecule has 0 spiro atoms. The lowest BCUT2D eigenvalue weighted by molar-refractivity contribution is -0.0506. The average Bonchev–Trinajstić information content (AvgIpc) is 3.26. The van der Waals surface area contributed by atoms with Crippen LogP contribution in [0, 0.1) is 5.41 Å². The van der Waals surface area contributed by atoms with Crippen LogP contribution in [0.1, 0.15) is 62.6 Å². The van der Waals surface area contributed by atoms with Gasteiger partial charge in [0.25, 0.3) is 0 Å². The molecule has 4 atom stereocenters. The minimum atomic E-state index is -0.963. The van der Waals surface area contributed by atoms with Crippen LogP contribution in [0.2, 0.25) is 0 Å². The zero-order chi connectivity index (χ0) is 21.3. The number of esters is 1. The number of thiazole rings is 1. The number of nitrogens with zero attached hydrogens (tertiary/aromatic N) is 3. The van der Waals surface area contributed by atoms with Gasteiger partial charge in [0.1, 0.15) is 5.01 Å². The number of amides is 1. The van der Waals surface area contributed by atoms with E-state index in [0.717, 1.165) is 13.0 Å². The van der Waals surface area contributed by atoms with Crippen molar-refractivity contribution in [2.45, 2.75) is 65.3 Å². The van der Waals surface area contributed by atoms with Crippen molar-refractivity contribution in [3.05, 3.63) is 16.1 Å². The fraction of sp³-hybridized carbons (Fsp3) is 0.750. The Labute approximate surface area is 175 Å². The van der Waals surface area contributed by atoms with Gasteiger partial charge in [0.05, 0.1) is 24.9 Å². The van der Waals surface area contributed by atoms with E-state index in [4.69, 9.17) is 9.47 Å². The summed E-state index contributed by atoms with van der Waals surface area (Å²) in [6.07, 6.45) is 0.0689. The maximum Gasteiger partial charge on any atom is 0.407 e. The summed E-state index contributed by atoms with van der Waals surface area (Å²) in [5, 5.41) is 12.0. The third-order valence-corrected chi connectivity index (χ3v) is 6.78. The minimum Gasteiger partial charge on any atom is -0.465 e. The zero-order valence-corrected chi connectivity index (χ0v) is 18.6. The van der Waals surface area contributed by atoms with Gasteiger partial charge in [-0.2, -0.15) is 0 Å². The van der Waals surface area contributed by atoms with Gasteiger partial charge in [0, 0.05) is 31.1 Å². The van der Waals surface area contributed by atoms with Crippen molar-refractivity contribution < 1.29 is 24.2 Å². The maximum absolute atomic E-state index is 11.9. The quantitative estimate of drug-likeness (QED) is 0.724. The fourth-order valence-electron chi connectivity index (χ4n) is 3.78. The van der Waals surface area contributed by atoms with E-state index in [1.54, 1.807) is 12.3 Å². The third kappa shape index (κ3) is 4.90. The van der Waals surface area contributed by atoms with E-state index in [2.05, 4.69) is 37.6 Å². The number of piperazine rings is 1. The summed E-state index contributed by atoms with van der Waals surface area (Å²) >= 11 is 1.31. The molecule has 0 aromatic carbocycles. The van der Waals surface area contributed by atoms with Gasteiger partial charge in [-0.1, -0.05) is 20.8 Å². The Hall–Kier alpha value is -1.71. The van der Waals surface area contributed by atoms with Crippen LogP contribution in [0.5, 0.6) is 0 Å². The number of carbonyl (C=O) groups excluding carboxylic acids is 1. The molecular weight excluding hydrogens is 394 g/mol. The largest absolute Gasteiger partial charge is 0.465 e. The van der Waals surface area contributed by atoms with Gasteiger partial charge in [0.15, 0.2) is 5.69 Å². The Morgan fingerprint density at radius 2 is 2.07 bits per heavy atom. The number of fused-ring (bicyclic) bond motifs is 1. The van der Waals surface area contributed by atoms with Gasteiger partial charge in [-0.05, 0) is 25.7 Å². The van der Waals surface area contributed by atoms with Crippen molar-refractivity contribution >= 4 is 23.4 Å². The fourth-order valence-corrected chi connectivity index (χ4v) is 4.67. The Morgan fingerprint density at radius 3 is 2.69 bits per heavy atom. The summed E-state index contributed by atoms with van der Waals surface area (Å²) in [7, 11) is 0. The van der Waals surface area contributed by atoms with Crippen molar-refractivity contribution in [2.24, 2.45) is 5.41 Å². The van der Waals surface area contributed by atoms with E-state index >= 15 is 0 Å². The maximum atomic E-state index is 11.9. The van der Waals surface area contributed by atoms with Crippen molar-refractivity contribution in [3.8, 4) is 0 Å². The molecule has 9 heteroatoms. The first kappa shape index (κ1) is 22.0. The smallest absolute Gasteiger partial charge is 0.407 e. The highest BCUT2D eigenvalue weighted by Crippen LogP contribution is 2.36. The Balaban J connectivity index is 1.72. The number of aromatic nitrogens is 1. The first-order chi connectivity index (χ1) is 13.6. The summed E-state index contributed by atoms with van der Waals surface area (Å²) in [6.45, 7) is 12.3. The highest BCUT2D eigenvalue weighted by molar-refractivity contribution is 7.09. The molecule has 2 fully saturated rings. The topological polar surface area (TPSA) is 92.2 Å². The van der Waals surface area contributed by atoms with E-state index in [1.165, 1.54) is 16.2 Å². The lowest BCUT2D eigenvalue weighted by atomic mass is 9.90. The lowest BCUT2D eigenvalue weighted by Gasteiger charge is -2.41. The summed E-state index contributed by atoms with van der Waals surface area (Å²) in [5.41, 5.74) is 0.296. The molecule has 0 bridgehead atoms. The molecule has 1 unspecified atom stereocenters. The number of carboxylic acid groups (broad SMARTS) is 1. The highest BCUT2D eigenvalue weighted by Gasteiger charge is 2.44. The second kappa shape index (κ2) is 8.57. The van der Waals surface area contributed by atoms with Crippen LogP contribution in [0.4, 0.5) is 4.79 Å². The van der Waals surface area contributed by atoms with Crippen LogP contribution < -0.4 is 0 Å². The van der Waals surface area contributed by atoms with Gasteiger partial charge in [-0.25, -0.2) is 14.6 Å². The molecule has 1 amide bonds. The second-order valence-corrected chi connectivity index (χ2v) is 9.74. The Morgan fingerprint density at radius 1 is 1.34 bits per heavy atom. The second-order valence-electron chi connectivity index (χ2n) is 8.85. The van der Waals surface area contributed by atoms with Crippen molar-refractivity contribution in [1.29, 1.82) is 0 Å². The first-order valence-corrected chi connectivity index (χ1v) is 11.0. The molecule has 8 nitrogen and oxygen atoms in total. The molecule has 29 heavy (non-hydrogen) atoms. The van der Waals surface area contributed by atoms with E-state index in [1.807, 2.05) is 0 Å². The molecule has 1 aromatic heterocycles. The number of carbonyl (C=O) groups is 2. The van der Waals surface area contributed by atoms with E-state index < -0.39 is 18.1 Å². The summed E-state index contributed by atoms with van der Waals surface area (Å²) < 4.78 is 11.3. The number of rotatable bonds is 5. The molecular formula is C20H31N3O5S. The van der Waals surface area contributed by atoms with Crippen molar-refractivity contribution in [1.82, 2.24) is 14.8 Å². The molecule has 0 saturated carbocycles. The number of hydrogen-bond acceptors (Lipinski definition) is 7. The molecule has 3 heterocycles. The third-order valence-electron chi connectivity index (χ3n) is 5.83. The molecule has 0 radical (unpaired) electrons. The molecule has 1 aromatic rings. The molecule has 162 valence electrons. The van der Waals surface area contributed by atoms with Crippen molar-refractivity contribution in [3.63, 3.8) is 0 Å². The van der Waals surface area contributed by atoms with Crippen LogP contribution in [0.15, 0.2) is 5.38 Å². The summed E-state index contributed by atoms with van der Waals surface area (Å²) in [5.74, 6) is -0.476. The average molecular weight is 426 g/mol. The standard InChI is InChI=1S/C20H31N3O5S/c1-6-27-18(24)15-11-29-17(21-15)16-10-22-9-14(28-12(2)20(3,4)5)7-13(22)8-23(16)19(25)26/h11-14,16H,6-10H2,1-5H3,(H,25,26)/t12?,13-,14-,16+/m1/s1. The molecule has 2 saturated heterocycles. The molecule has 1 N–H and O–H groups in total. The van der Waals surface area contributed by atoms with Gasteiger partial charge < -0.3 is 14.6 Å². The Bertz CT molecular complexity index is 747. The van der Waals surface area contributed by atoms with Gasteiger partial charge >= 0.3 is 12.1 Å². The first-order valence-electron chi connectivity index (χ1n) is 10.1. The highest BCUT2D eigenvalue weighted by atomic mass is 32.1. The van der Waals surface area contributed by atoms with Crippen LogP contribution in [-0.4, -0.2) is 76.4 Å². The van der Waals surface area contributed by atoms with Gasteiger partial charge in [-0.15, -0.1) is 11.3 Å². The SMILES string of the molecule is CCOC(=O)c1csc([C@@H]2CN3C[C@H](OC(C)C(C)(C)C)C[C@@H]3CN2C(=O)O)n1. The van der Waals surface area contributed by atoms with Gasteiger partial charge in [0.2, 0.25) is 0 Å². The Kier molecular flexibility index (Phi) is 6.50. The summed E-state index contributed by atoms with van der Waals surface area (Å²) in [4.78, 5) is 32.0. The molecule has 2 aliphatic heterocycles. The monoisotopic (exact) mass is 425 g/mol. The predicted octanol–water partition coefficient (Wildman–Crippen LogP) is 3.25. The zero-order valence-electron chi connectivity index (χ0n) is 17.8. The van der Waals surface area contributed by atoms with E-state index in [0.29, 0.717) is 18.1 Å². The normalized spacial score (nSPS) is 26.2. The molecule has 3 rings (SSSR count). The molecule has 0 aliphatic carbocycles. The summed E-state index contributed by atoms with van der Waals surface area (Å²) in [6, 6.07) is -0.250. The van der Waals surface area contributed by atoms with Crippen LogP contribution in [0.3, 0.4) is 0 Å². The van der Waals surface area contributed by atoms with E-state index in [9.17, 15) is 14.7 Å². The minimum absolute atomic E-state index is 0.0586. The van der Waals surface area contributed by atoms with Crippen LogP contribution >= 0.6 is 11.3 Å². The van der Waals surface area contributed by atoms with Gasteiger partial charge in [-0.3, -0.25) is 9.80 Å². The van der Waals surface area contributed by atoms with Crippen molar-refractivity contribution in [2.75, 3.05) is 26.2 Å². The predicted molar refractivity (Wildman–Crippen MR) is 109 cm³/mol.